The minimum atomic E-state index is -0.451. The van der Waals surface area contributed by atoms with E-state index in [-0.39, 0.29) is 0 Å². The summed E-state index contributed by atoms with van der Waals surface area (Å²) in [5.74, 6) is 0.678. The number of nitrogens with zero attached hydrogens (tertiary/aromatic N) is 1. The summed E-state index contributed by atoms with van der Waals surface area (Å²) in [6.07, 6.45) is 1.45. The zero-order valence-corrected chi connectivity index (χ0v) is 9.78. The van der Waals surface area contributed by atoms with E-state index < -0.39 is 5.97 Å². The Morgan fingerprint density at radius 2 is 2.31 bits per heavy atom. The lowest BCUT2D eigenvalue weighted by atomic mass is 10.2. The van der Waals surface area contributed by atoms with Gasteiger partial charge in [-0.05, 0) is 12.0 Å². The molecular weight excluding hydrogens is 206 g/mol. The molecule has 1 heterocycles. The van der Waals surface area contributed by atoms with Crippen LogP contribution < -0.4 is 11.1 Å². The summed E-state index contributed by atoms with van der Waals surface area (Å²) in [4.78, 5) is 15.5. The van der Waals surface area contributed by atoms with Gasteiger partial charge in [-0.1, -0.05) is 13.8 Å². The Kier molecular flexibility index (Phi) is 4.10. The number of hydrogen-bond donors (Lipinski definition) is 2. The van der Waals surface area contributed by atoms with Gasteiger partial charge in [-0.2, -0.15) is 0 Å². The first-order valence-electron chi connectivity index (χ1n) is 5.12. The normalized spacial score (nSPS) is 10.2. The van der Waals surface area contributed by atoms with Crippen LogP contribution in [0.15, 0.2) is 12.3 Å². The molecule has 1 rings (SSSR count). The number of nitrogens with one attached hydrogen (secondary N) is 1. The molecule has 0 atom stereocenters. The van der Waals surface area contributed by atoms with Crippen LogP contribution in [0.4, 0.5) is 11.5 Å². The predicted octanol–water partition coefficient (Wildman–Crippen LogP) is 1.52. The molecule has 1 aromatic heterocycles. The Morgan fingerprint density at radius 3 is 2.88 bits per heavy atom. The fraction of sp³-hybridized carbons (Fsp3) is 0.455. The van der Waals surface area contributed by atoms with E-state index in [2.05, 4.69) is 28.9 Å². The van der Waals surface area contributed by atoms with E-state index in [0.717, 1.165) is 6.54 Å². The van der Waals surface area contributed by atoms with Gasteiger partial charge in [-0.25, -0.2) is 9.78 Å². The molecule has 88 valence electrons. The second-order valence-electron chi connectivity index (χ2n) is 3.92. The van der Waals surface area contributed by atoms with Crippen LogP contribution in [0, 0.1) is 5.92 Å². The highest BCUT2D eigenvalue weighted by Crippen LogP contribution is 2.15. The zero-order chi connectivity index (χ0) is 12.1. The van der Waals surface area contributed by atoms with E-state index in [1.165, 1.54) is 13.3 Å². The molecule has 0 bridgehead atoms. The molecule has 0 aliphatic heterocycles. The fourth-order valence-corrected chi connectivity index (χ4v) is 1.16. The van der Waals surface area contributed by atoms with Crippen LogP contribution in [0.2, 0.25) is 0 Å². The topological polar surface area (TPSA) is 77.2 Å². The molecule has 0 saturated carbocycles. The Hall–Kier alpha value is -1.78. The molecule has 3 N–H and O–H groups in total. The van der Waals surface area contributed by atoms with Gasteiger partial charge in [0, 0.05) is 6.54 Å². The van der Waals surface area contributed by atoms with E-state index in [0.29, 0.717) is 23.0 Å². The van der Waals surface area contributed by atoms with Crippen molar-refractivity contribution >= 4 is 17.5 Å². The van der Waals surface area contributed by atoms with E-state index >= 15 is 0 Å². The average Bonchev–Trinajstić information content (AvgIpc) is 2.27. The van der Waals surface area contributed by atoms with Gasteiger partial charge >= 0.3 is 5.97 Å². The molecule has 0 unspecified atom stereocenters. The number of rotatable bonds is 4. The zero-order valence-electron chi connectivity index (χ0n) is 9.78. The number of pyridine rings is 1. The van der Waals surface area contributed by atoms with Gasteiger partial charge in [0.2, 0.25) is 0 Å². The molecule has 0 aliphatic rings. The SMILES string of the molecule is COC(=O)c1cc(NCC(C)C)ncc1N. The van der Waals surface area contributed by atoms with Gasteiger partial charge in [0.25, 0.3) is 0 Å². The van der Waals surface area contributed by atoms with Crippen molar-refractivity contribution in [2.24, 2.45) is 5.92 Å². The predicted molar refractivity (Wildman–Crippen MR) is 63.3 cm³/mol. The first-order valence-corrected chi connectivity index (χ1v) is 5.12. The largest absolute Gasteiger partial charge is 0.465 e. The van der Waals surface area contributed by atoms with Crippen molar-refractivity contribution in [1.82, 2.24) is 4.98 Å². The van der Waals surface area contributed by atoms with Crippen molar-refractivity contribution in [2.75, 3.05) is 24.7 Å². The lowest BCUT2D eigenvalue weighted by molar-refractivity contribution is 0.0602. The Balaban J connectivity index is 2.85. The third kappa shape index (κ3) is 3.12. The van der Waals surface area contributed by atoms with Crippen molar-refractivity contribution in [3.05, 3.63) is 17.8 Å². The van der Waals surface area contributed by atoms with Crippen molar-refractivity contribution in [2.45, 2.75) is 13.8 Å². The smallest absolute Gasteiger partial charge is 0.340 e. The number of anilines is 2. The summed E-state index contributed by atoms with van der Waals surface area (Å²) in [5.41, 5.74) is 6.29. The summed E-state index contributed by atoms with van der Waals surface area (Å²) >= 11 is 0. The Bertz CT molecular complexity index is 377. The number of aromatic nitrogens is 1. The van der Waals surface area contributed by atoms with E-state index in [4.69, 9.17) is 5.73 Å². The molecule has 1 aromatic rings. The standard InChI is InChI=1S/C11H17N3O2/c1-7(2)5-13-10-4-8(11(15)16-3)9(12)6-14-10/h4,6-7H,5,12H2,1-3H3,(H,13,14). The molecule has 0 radical (unpaired) electrons. The highest BCUT2D eigenvalue weighted by atomic mass is 16.5. The minimum absolute atomic E-state index is 0.321. The summed E-state index contributed by atoms with van der Waals surface area (Å²) in [6, 6.07) is 1.60. The fourth-order valence-electron chi connectivity index (χ4n) is 1.16. The Morgan fingerprint density at radius 1 is 1.62 bits per heavy atom. The molecule has 5 nitrogen and oxygen atoms in total. The van der Waals surface area contributed by atoms with Crippen LogP contribution in [-0.2, 0) is 4.74 Å². The summed E-state index contributed by atoms with van der Waals surface area (Å²) in [6.45, 7) is 4.97. The maximum Gasteiger partial charge on any atom is 0.340 e. The minimum Gasteiger partial charge on any atom is -0.465 e. The lowest BCUT2D eigenvalue weighted by Crippen LogP contribution is -2.12. The second-order valence-corrected chi connectivity index (χ2v) is 3.92. The molecule has 0 amide bonds. The number of nitrogens with two attached hydrogens (primary N) is 1. The second kappa shape index (κ2) is 5.34. The van der Waals surface area contributed by atoms with E-state index in [9.17, 15) is 4.79 Å². The molecule has 0 fully saturated rings. The third-order valence-corrected chi connectivity index (χ3v) is 2.03. The summed E-state index contributed by atoms with van der Waals surface area (Å²) in [5, 5.41) is 3.12. The maximum absolute atomic E-state index is 11.4. The number of carbonyl (C=O) groups excluding carboxylic acids is 1. The molecule has 16 heavy (non-hydrogen) atoms. The summed E-state index contributed by atoms with van der Waals surface area (Å²) in [7, 11) is 1.32. The van der Waals surface area contributed by atoms with Crippen molar-refractivity contribution in [3.63, 3.8) is 0 Å². The molecule has 0 saturated heterocycles. The first kappa shape index (κ1) is 12.3. The number of nitrogen functional groups attached to an aromatic ring is 1. The average molecular weight is 223 g/mol. The van der Waals surface area contributed by atoms with Crippen molar-refractivity contribution in [1.29, 1.82) is 0 Å². The quantitative estimate of drug-likeness (QED) is 0.757. The first-order chi connectivity index (χ1) is 7.54. The maximum atomic E-state index is 11.4. The van der Waals surface area contributed by atoms with Gasteiger partial charge in [-0.3, -0.25) is 0 Å². The van der Waals surface area contributed by atoms with Crippen LogP contribution in [-0.4, -0.2) is 24.6 Å². The van der Waals surface area contributed by atoms with Gasteiger partial charge in [0.15, 0.2) is 0 Å². The molecule has 0 aromatic carbocycles. The highest BCUT2D eigenvalue weighted by molar-refractivity contribution is 5.95. The van der Waals surface area contributed by atoms with Crippen molar-refractivity contribution in [3.8, 4) is 0 Å². The van der Waals surface area contributed by atoms with Crippen LogP contribution in [0.3, 0.4) is 0 Å². The van der Waals surface area contributed by atoms with E-state index in [1.807, 2.05) is 0 Å². The molecule has 5 heteroatoms. The molecule has 0 spiro atoms. The van der Waals surface area contributed by atoms with Gasteiger partial charge < -0.3 is 15.8 Å². The monoisotopic (exact) mass is 223 g/mol. The van der Waals surface area contributed by atoms with Gasteiger partial charge in [-0.15, -0.1) is 0 Å². The third-order valence-electron chi connectivity index (χ3n) is 2.03. The van der Waals surface area contributed by atoms with Crippen molar-refractivity contribution < 1.29 is 9.53 Å². The number of ether oxygens (including phenoxy) is 1. The number of carbonyl (C=O) groups is 1. The van der Waals surface area contributed by atoms with Crippen LogP contribution in [0.5, 0.6) is 0 Å². The number of methoxy groups -OCH3 is 1. The van der Waals surface area contributed by atoms with Crippen LogP contribution in [0.25, 0.3) is 0 Å². The van der Waals surface area contributed by atoms with E-state index in [1.54, 1.807) is 6.07 Å². The van der Waals surface area contributed by atoms with Crippen LogP contribution >= 0.6 is 0 Å². The number of hydrogen-bond acceptors (Lipinski definition) is 5. The van der Waals surface area contributed by atoms with Gasteiger partial charge in [0.05, 0.1) is 24.6 Å². The molecule has 0 aliphatic carbocycles. The number of esters is 1. The Labute approximate surface area is 95.0 Å². The van der Waals surface area contributed by atoms with Crippen LogP contribution in [0.1, 0.15) is 24.2 Å². The van der Waals surface area contributed by atoms with Gasteiger partial charge in [0.1, 0.15) is 5.82 Å². The highest BCUT2D eigenvalue weighted by Gasteiger charge is 2.11. The lowest BCUT2D eigenvalue weighted by Gasteiger charge is -2.10. The summed E-state index contributed by atoms with van der Waals surface area (Å²) < 4.78 is 4.62. The molecular formula is C11H17N3O2.